The minimum Gasteiger partial charge on any atom is -0.378 e. The van der Waals surface area contributed by atoms with E-state index in [-0.39, 0.29) is 0 Å². The molecule has 94 valence electrons. The van der Waals surface area contributed by atoms with Crippen molar-refractivity contribution < 1.29 is 4.74 Å². The zero-order valence-electron chi connectivity index (χ0n) is 10.9. The summed E-state index contributed by atoms with van der Waals surface area (Å²) in [6.45, 7) is 6.82. The van der Waals surface area contributed by atoms with Crippen molar-refractivity contribution in [1.29, 1.82) is 0 Å². The van der Waals surface area contributed by atoms with E-state index in [1.807, 2.05) is 0 Å². The number of ether oxygens (including phenoxy) is 1. The van der Waals surface area contributed by atoms with Gasteiger partial charge in [-0.15, -0.1) is 0 Å². The Morgan fingerprint density at radius 3 is 2.75 bits per heavy atom. The van der Waals surface area contributed by atoms with Crippen LogP contribution in [-0.2, 0) is 4.74 Å². The largest absolute Gasteiger partial charge is 0.378 e. The van der Waals surface area contributed by atoms with Crippen LogP contribution in [0.25, 0.3) is 0 Å². The Balaban J connectivity index is 1.79. The first-order chi connectivity index (χ1) is 7.85. The van der Waals surface area contributed by atoms with Crippen LogP contribution in [0.3, 0.4) is 0 Å². The van der Waals surface area contributed by atoms with E-state index in [4.69, 9.17) is 4.74 Å². The molecule has 1 heterocycles. The summed E-state index contributed by atoms with van der Waals surface area (Å²) < 4.78 is 5.81. The maximum absolute atomic E-state index is 5.81. The molecule has 0 radical (unpaired) electrons. The molecular weight excluding hydrogens is 198 g/mol. The van der Waals surface area contributed by atoms with Gasteiger partial charge in [-0.05, 0) is 38.1 Å². The SMILES string of the molecule is CCC(CC)CNC1CCCC2OCCC12. The van der Waals surface area contributed by atoms with Crippen molar-refractivity contribution >= 4 is 0 Å². The minimum atomic E-state index is 0.577. The first-order valence-electron chi connectivity index (χ1n) is 7.20. The number of rotatable bonds is 5. The quantitative estimate of drug-likeness (QED) is 0.776. The first kappa shape index (κ1) is 12.4. The predicted molar refractivity (Wildman–Crippen MR) is 67.6 cm³/mol. The van der Waals surface area contributed by atoms with Gasteiger partial charge in [0.1, 0.15) is 0 Å². The van der Waals surface area contributed by atoms with E-state index in [1.165, 1.54) is 45.1 Å². The van der Waals surface area contributed by atoms with Crippen LogP contribution in [0.4, 0.5) is 0 Å². The monoisotopic (exact) mass is 225 g/mol. The predicted octanol–water partition coefficient (Wildman–Crippen LogP) is 2.97. The Bertz CT molecular complexity index is 203. The van der Waals surface area contributed by atoms with Gasteiger partial charge in [0.2, 0.25) is 0 Å². The summed E-state index contributed by atoms with van der Waals surface area (Å²) in [6, 6.07) is 0.738. The second kappa shape index (κ2) is 6.02. The van der Waals surface area contributed by atoms with E-state index in [0.29, 0.717) is 6.10 Å². The fourth-order valence-corrected chi connectivity index (χ4v) is 3.32. The molecule has 0 amide bonds. The molecule has 2 rings (SSSR count). The van der Waals surface area contributed by atoms with Crippen molar-refractivity contribution in [2.24, 2.45) is 11.8 Å². The van der Waals surface area contributed by atoms with Crippen molar-refractivity contribution in [3.8, 4) is 0 Å². The highest BCUT2D eigenvalue weighted by Crippen LogP contribution is 2.34. The van der Waals surface area contributed by atoms with Gasteiger partial charge in [0, 0.05) is 18.6 Å². The Hall–Kier alpha value is -0.0800. The minimum absolute atomic E-state index is 0.577. The van der Waals surface area contributed by atoms with Crippen LogP contribution in [-0.4, -0.2) is 25.3 Å². The summed E-state index contributed by atoms with van der Waals surface area (Å²) in [6.07, 6.45) is 8.49. The van der Waals surface area contributed by atoms with E-state index in [9.17, 15) is 0 Å². The lowest BCUT2D eigenvalue weighted by atomic mass is 9.81. The number of hydrogen-bond donors (Lipinski definition) is 1. The summed E-state index contributed by atoms with van der Waals surface area (Å²) in [7, 11) is 0. The van der Waals surface area contributed by atoms with Crippen LogP contribution in [0.1, 0.15) is 52.4 Å². The summed E-state index contributed by atoms with van der Waals surface area (Å²) >= 11 is 0. The average Bonchev–Trinajstić information content (AvgIpc) is 2.79. The van der Waals surface area contributed by atoms with Crippen LogP contribution in [0.5, 0.6) is 0 Å². The lowest BCUT2D eigenvalue weighted by molar-refractivity contribution is 0.0524. The average molecular weight is 225 g/mol. The van der Waals surface area contributed by atoms with Crippen molar-refractivity contribution in [1.82, 2.24) is 5.32 Å². The molecule has 3 unspecified atom stereocenters. The zero-order valence-corrected chi connectivity index (χ0v) is 10.9. The molecule has 16 heavy (non-hydrogen) atoms. The molecule has 3 atom stereocenters. The third-order valence-corrected chi connectivity index (χ3v) is 4.60. The molecule has 2 fully saturated rings. The molecule has 0 aromatic heterocycles. The molecular formula is C14H27NO. The number of fused-ring (bicyclic) bond motifs is 1. The summed E-state index contributed by atoms with van der Waals surface area (Å²) in [5.41, 5.74) is 0. The third kappa shape index (κ3) is 2.78. The normalized spacial score (nSPS) is 34.3. The van der Waals surface area contributed by atoms with Gasteiger partial charge in [-0.3, -0.25) is 0 Å². The van der Waals surface area contributed by atoms with Crippen LogP contribution in [0.2, 0.25) is 0 Å². The molecule has 1 aliphatic carbocycles. The third-order valence-electron chi connectivity index (χ3n) is 4.60. The molecule has 2 aliphatic rings. The lowest BCUT2D eigenvalue weighted by Gasteiger charge is -2.34. The van der Waals surface area contributed by atoms with Crippen molar-refractivity contribution in [3.63, 3.8) is 0 Å². The molecule has 0 aromatic rings. The Morgan fingerprint density at radius 1 is 1.19 bits per heavy atom. The molecule has 1 aliphatic heterocycles. The van der Waals surface area contributed by atoms with Crippen LogP contribution < -0.4 is 5.32 Å². The van der Waals surface area contributed by atoms with Gasteiger partial charge >= 0.3 is 0 Å². The molecule has 2 nitrogen and oxygen atoms in total. The van der Waals surface area contributed by atoms with Gasteiger partial charge in [0.05, 0.1) is 6.10 Å². The van der Waals surface area contributed by atoms with E-state index in [1.54, 1.807) is 0 Å². The molecule has 1 saturated carbocycles. The molecule has 0 aromatic carbocycles. The Kier molecular flexibility index (Phi) is 4.66. The van der Waals surface area contributed by atoms with Crippen molar-refractivity contribution in [2.75, 3.05) is 13.2 Å². The maximum Gasteiger partial charge on any atom is 0.0619 e. The smallest absolute Gasteiger partial charge is 0.0619 e. The van der Waals surface area contributed by atoms with Crippen LogP contribution >= 0.6 is 0 Å². The summed E-state index contributed by atoms with van der Waals surface area (Å²) in [5, 5.41) is 3.81. The summed E-state index contributed by atoms with van der Waals surface area (Å²) in [4.78, 5) is 0. The van der Waals surface area contributed by atoms with E-state index >= 15 is 0 Å². The van der Waals surface area contributed by atoms with Gasteiger partial charge in [-0.1, -0.05) is 26.7 Å². The van der Waals surface area contributed by atoms with Crippen molar-refractivity contribution in [2.45, 2.75) is 64.5 Å². The van der Waals surface area contributed by atoms with Gasteiger partial charge in [-0.2, -0.15) is 0 Å². The highest BCUT2D eigenvalue weighted by molar-refractivity contribution is 4.90. The maximum atomic E-state index is 5.81. The first-order valence-corrected chi connectivity index (χ1v) is 7.20. The molecule has 2 heteroatoms. The standard InChI is InChI=1S/C14H27NO/c1-3-11(4-2)10-15-13-6-5-7-14-12(13)8-9-16-14/h11-15H,3-10H2,1-2H3. The van der Waals surface area contributed by atoms with Gasteiger partial charge < -0.3 is 10.1 Å². The fraction of sp³-hybridized carbons (Fsp3) is 1.00. The fourth-order valence-electron chi connectivity index (χ4n) is 3.32. The lowest BCUT2D eigenvalue weighted by Crippen LogP contribution is -2.44. The number of nitrogens with one attached hydrogen (secondary N) is 1. The van der Waals surface area contributed by atoms with Gasteiger partial charge in [-0.25, -0.2) is 0 Å². The molecule has 0 bridgehead atoms. The van der Waals surface area contributed by atoms with Gasteiger partial charge in [0.15, 0.2) is 0 Å². The molecule has 1 N–H and O–H groups in total. The summed E-state index contributed by atoms with van der Waals surface area (Å²) in [5.74, 6) is 1.67. The highest BCUT2D eigenvalue weighted by Gasteiger charge is 2.37. The Labute approximate surface area is 100 Å². The van der Waals surface area contributed by atoms with E-state index in [0.717, 1.165) is 24.5 Å². The van der Waals surface area contributed by atoms with Gasteiger partial charge in [0.25, 0.3) is 0 Å². The van der Waals surface area contributed by atoms with Crippen LogP contribution in [0.15, 0.2) is 0 Å². The second-order valence-corrected chi connectivity index (χ2v) is 5.49. The topological polar surface area (TPSA) is 21.3 Å². The molecule has 0 spiro atoms. The van der Waals surface area contributed by atoms with Crippen molar-refractivity contribution in [3.05, 3.63) is 0 Å². The second-order valence-electron chi connectivity index (χ2n) is 5.49. The Morgan fingerprint density at radius 2 is 2.00 bits per heavy atom. The van der Waals surface area contributed by atoms with E-state index in [2.05, 4.69) is 19.2 Å². The molecule has 1 saturated heterocycles. The highest BCUT2D eigenvalue weighted by atomic mass is 16.5. The van der Waals surface area contributed by atoms with E-state index < -0.39 is 0 Å². The van der Waals surface area contributed by atoms with Crippen LogP contribution in [0, 0.1) is 11.8 Å². The zero-order chi connectivity index (χ0) is 11.4. The number of hydrogen-bond acceptors (Lipinski definition) is 2.